The largest absolute Gasteiger partial charge is 0.342 e. The molecular weight excluding hydrogens is 478 g/mol. The first-order valence-electron chi connectivity index (χ1n) is 11.2. The fraction of sp³-hybridized carbons (Fsp3) is 0.120. The maximum Gasteiger partial charge on any atom is 0.269 e. The summed E-state index contributed by atoms with van der Waals surface area (Å²) in [5.41, 5.74) is 3.27. The Morgan fingerprint density at radius 2 is 1.72 bits per heavy atom. The van der Waals surface area contributed by atoms with Gasteiger partial charge >= 0.3 is 0 Å². The highest BCUT2D eigenvalue weighted by atomic mass is 32.2. The molecule has 0 aliphatic heterocycles. The monoisotopic (exact) mass is 499 g/mol. The smallest absolute Gasteiger partial charge is 0.269 e. The van der Waals surface area contributed by atoms with E-state index in [-0.39, 0.29) is 17.3 Å². The van der Waals surface area contributed by atoms with Crippen molar-refractivity contribution in [2.45, 2.75) is 18.0 Å². The lowest BCUT2D eigenvalue weighted by molar-refractivity contribution is -0.384. The van der Waals surface area contributed by atoms with Crippen LogP contribution in [0.2, 0.25) is 0 Å². The molecular formula is C25H21N7O3S. The molecule has 0 bridgehead atoms. The van der Waals surface area contributed by atoms with E-state index in [4.69, 9.17) is 0 Å². The molecule has 0 radical (unpaired) electrons. The lowest BCUT2D eigenvalue weighted by atomic mass is 10.2. The quantitative estimate of drug-likeness (QED) is 0.172. The lowest BCUT2D eigenvalue weighted by Crippen LogP contribution is -2.14. The summed E-state index contributed by atoms with van der Waals surface area (Å²) >= 11 is 1.27. The van der Waals surface area contributed by atoms with E-state index in [0.29, 0.717) is 23.7 Å². The number of fused-ring (bicyclic) bond motifs is 1. The Morgan fingerprint density at radius 3 is 2.47 bits per heavy atom. The number of amides is 1. The number of nitro groups is 1. The predicted octanol–water partition coefficient (Wildman–Crippen LogP) is 4.57. The number of aromatic nitrogens is 5. The van der Waals surface area contributed by atoms with Crippen molar-refractivity contribution in [1.29, 1.82) is 0 Å². The Balaban J connectivity index is 1.29. The van der Waals surface area contributed by atoms with Gasteiger partial charge in [-0.3, -0.25) is 19.5 Å². The van der Waals surface area contributed by atoms with Gasteiger partial charge in [0.25, 0.3) is 5.69 Å². The number of non-ortho nitro benzene ring substituents is 1. The normalized spacial score (nSPS) is 11.0. The molecule has 0 atom stereocenters. The standard InChI is InChI=1S/C25H21N7O3S/c33-24(26-17-10-12-19(13-11-17)32(34)35)16-36-25-30-29-23(31(25)18-6-2-1-3-7-18)15-14-22-27-20-8-4-5-9-21(20)28-22/h1-13H,14-16H2,(H,26,33)(H,27,28). The van der Waals surface area contributed by atoms with E-state index in [1.165, 1.54) is 36.0 Å². The van der Waals surface area contributed by atoms with Gasteiger partial charge in [-0.05, 0) is 36.4 Å². The molecule has 0 saturated carbocycles. The number of thioether (sulfide) groups is 1. The first-order chi connectivity index (χ1) is 17.6. The Kier molecular flexibility index (Phi) is 6.72. The molecule has 180 valence electrons. The number of carbonyl (C=O) groups excluding carboxylic acids is 1. The molecule has 0 unspecified atom stereocenters. The molecule has 0 aliphatic carbocycles. The number of para-hydroxylation sites is 3. The van der Waals surface area contributed by atoms with Gasteiger partial charge in [0.1, 0.15) is 11.6 Å². The van der Waals surface area contributed by atoms with Crippen molar-refractivity contribution in [1.82, 2.24) is 24.7 Å². The van der Waals surface area contributed by atoms with Crippen LogP contribution >= 0.6 is 11.8 Å². The van der Waals surface area contributed by atoms with Gasteiger partial charge in [0.15, 0.2) is 5.16 Å². The Morgan fingerprint density at radius 1 is 0.972 bits per heavy atom. The number of nitrogens with zero attached hydrogens (tertiary/aromatic N) is 5. The summed E-state index contributed by atoms with van der Waals surface area (Å²) < 4.78 is 1.95. The zero-order valence-corrected chi connectivity index (χ0v) is 19.8. The molecule has 11 heteroatoms. The van der Waals surface area contributed by atoms with Gasteiger partial charge in [-0.1, -0.05) is 42.1 Å². The highest BCUT2D eigenvalue weighted by Gasteiger charge is 2.17. The van der Waals surface area contributed by atoms with E-state index in [1.54, 1.807) is 0 Å². The summed E-state index contributed by atoms with van der Waals surface area (Å²) in [4.78, 5) is 30.8. The SMILES string of the molecule is O=C(CSc1nnc(CCc2nc3ccccc3[nH]2)n1-c1ccccc1)Nc1ccc([N+](=O)[O-])cc1. The van der Waals surface area contributed by atoms with Crippen molar-refractivity contribution < 1.29 is 9.72 Å². The molecule has 10 nitrogen and oxygen atoms in total. The predicted molar refractivity (Wildman–Crippen MR) is 137 cm³/mol. The lowest BCUT2D eigenvalue weighted by Gasteiger charge is -2.10. The van der Waals surface area contributed by atoms with Crippen LogP contribution in [0.4, 0.5) is 11.4 Å². The molecule has 0 spiro atoms. The van der Waals surface area contributed by atoms with Crippen molar-refractivity contribution in [3.8, 4) is 5.69 Å². The number of H-pyrrole nitrogens is 1. The fourth-order valence-corrected chi connectivity index (χ4v) is 4.51. The van der Waals surface area contributed by atoms with Crippen LogP contribution in [0.3, 0.4) is 0 Å². The Bertz CT molecular complexity index is 1480. The van der Waals surface area contributed by atoms with Gasteiger partial charge in [-0.2, -0.15) is 0 Å². The van der Waals surface area contributed by atoms with Crippen LogP contribution < -0.4 is 5.32 Å². The number of anilines is 1. The van der Waals surface area contributed by atoms with Crippen LogP contribution in [0.25, 0.3) is 16.7 Å². The average molecular weight is 500 g/mol. The van der Waals surface area contributed by atoms with E-state index >= 15 is 0 Å². The number of hydrogen-bond donors (Lipinski definition) is 2. The third-order valence-corrected chi connectivity index (χ3v) is 6.36. The number of nitrogens with one attached hydrogen (secondary N) is 2. The first-order valence-corrected chi connectivity index (χ1v) is 12.2. The zero-order valence-electron chi connectivity index (χ0n) is 19.0. The number of imidazole rings is 1. The minimum absolute atomic E-state index is 0.0338. The number of hydrogen-bond acceptors (Lipinski definition) is 7. The minimum atomic E-state index is -0.482. The van der Waals surface area contributed by atoms with E-state index < -0.39 is 4.92 Å². The molecule has 2 aromatic heterocycles. The van der Waals surface area contributed by atoms with Crippen LogP contribution in [0.1, 0.15) is 11.6 Å². The number of carbonyl (C=O) groups is 1. The van der Waals surface area contributed by atoms with Crippen LogP contribution in [-0.2, 0) is 17.6 Å². The van der Waals surface area contributed by atoms with Crippen LogP contribution in [0.15, 0.2) is 84.0 Å². The third kappa shape index (κ3) is 5.26. The summed E-state index contributed by atoms with van der Waals surface area (Å²) in [6.07, 6.45) is 1.27. The van der Waals surface area contributed by atoms with Gasteiger partial charge in [0, 0.05) is 36.3 Å². The van der Waals surface area contributed by atoms with Crippen molar-refractivity contribution in [3.05, 3.63) is 101 Å². The van der Waals surface area contributed by atoms with Crippen molar-refractivity contribution >= 4 is 40.1 Å². The molecule has 36 heavy (non-hydrogen) atoms. The molecule has 2 heterocycles. The number of rotatable bonds is 9. The number of nitro benzene ring substituents is 1. The van der Waals surface area contributed by atoms with Crippen molar-refractivity contribution in [3.63, 3.8) is 0 Å². The van der Waals surface area contributed by atoms with Crippen LogP contribution in [0.5, 0.6) is 0 Å². The highest BCUT2D eigenvalue weighted by molar-refractivity contribution is 7.99. The molecule has 5 rings (SSSR count). The van der Waals surface area contributed by atoms with Gasteiger partial charge in [-0.15, -0.1) is 10.2 Å². The van der Waals surface area contributed by atoms with Crippen molar-refractivity contribution in [2.24, 2.45) is 0 Å². The zero-order chi connectivity index (χ0) is 24.9. The van der Waals surface area contributed by atoms with Crippen molar-refractivity contribution in [2.75, 3.05) is 11.1 Å². The molecule has 0 fully saturated rings. The molecule has 5 aromatic rings. The molecule has 3 aromatic carbocycles. The second kappa shape index (κ2) is 10.4. The van der Waals surface area contributed by atoms with E-state index in [2.05, 4.69) is 25.5 Å². The second-order valence-electron chi connectivity index (χ2n) is 7.91. The summed E-state index contributed by atoms with van der Waals surface area (Å²) in [6, 6.07) is 23.3. The number of aromatic amines is 1. The summed E-state index contributed by atoms with van der Waals surface area (Å²) in [6.45, 7) is 0. The minimum Gasteiger partial charge on any atom is -0.342 e. The van der Waals surface area contributed by atoms with Crippen LogP contribution in [-0.4, -0.2) is 41.3 Å². The Labute approximate surface area is 209 Å². The molecule has 0 saturated heterocycles. The van der Waals surface area contributed by atoms with E-state index in [1.807, 2.05) is 59.2 Å². The summed E-state index contributed by atoms with van der Waals surface area (Å²) in [5, 5.41) is 22.9. The summed E-state index contributed by atoms with van der Waals surface area (Å²) in [5.74, 6) is 1.49. The molecule has 2 N–H and O–H groups in total. The molecule has 0 aliphatic rings. The first kappa shape index (κ1) is 23.2. The maximum absolute atomic E-state index is 12.5. The second-order valence-corrected chi connectivity index (χ2v) is 8.85. The van der Waals surface area contributed by atoms with Gasteiger partial charge < -0.3 is 10.3 Å². The highest BCUT2D eigenvalue weighted by Crippen LogP contribution is 2.24. The van der Waals surface area contributed by atoms with Gasteiger partial charge in [-0.25, -0.2) is 4.98 Å². The number of aryl methyl sites for hydroxylation is 2. The number of benzene rings is 3. The van der Waals surface area contributed by atoms with E-state index in [0.717, 1.165) is 28.4 Å². The fourth-order valence-electron chi connectivity index (χ4n) is 3.74. The molecule has 1 amide bonds. The maximum atomic E-state index is 12.5. The third-order valence-electron chi connectivity index (χ3n) is 5.43. The van der Waals surface area contributed by atoms with Gasteiger partial charge in [0.05, 0.1) is 21.7 Å². The van der Waals surface area contributed by atoms with E-state index in [9.17, 15) is 14.9 Å². The Hall–Kier alpha value is -4.51. The summed E-state index contributed by atoms with van der Waals surface area (Å²) in [7, 11) is 0. The van der Waals surface area contributed by atoms with Gasteiger partial charge in [0.2, 0.25) is 5.91 Å². The van der Waals surface area contributed by atoms with Crippen LogP contribution in [0, 0.1) is 10.1 Å². The topological polar surface area (TPSA) is 132 Å². The average Bonchev–Trinajstić information content (AvgIpc) is 3.50.